The van der Waals surface area contributed by atoms with Gasteiger partial charge in [-0.25, -0.2) is 4.98 Å². The maximum atomic E-state index is 11.4. The first kappa shape index (κ1) is 17.7. The van der Waals surface area contributed by atoms with Crippen LogP contribution in [0, 0.1) is 0 Å². The van der Waals surface area contributed by atoms with Crippen molar-refractivity contribution in [2.75, 3.05) is 41.7 Å². The molecule has 0 atom stereocenters. The van der Waals surface area contributed by atoms with Gasteiger partial charge in [0.25, 0.3) is 0 Å². The molecule has 3 rings (SSSR count). The third-order valence-corrected chi connectivity index (χ3v) is 4.11. The van der Waals surface area contributed by atoms with Gasteiger partial charge in [-0.05, 0) is 24.3 Å². The minimum Gasteiger partial charge on any atom is -0.340 e. The summed E-state index contributed by atoms with van der Waals surface area (Å²) in [6.07, 6.45) is 1.71. The van der Waals surface area contributed by atoms with Crippen LogP contribution in [0.3, 0.4) is 0 Å². The monoisotopic (exact) mass is 354 g/mol. The second-order valence-corrected chi connectivity index (χ2v) is 6.12. The van der Waals surface area contributed by atoms with E-state index in [1.165, 1.54) is 6.92 Å². The number of benzene rings is 1. The fraction of sp³-hybridized carbons (Fsp3) is 0.333. The van der Waals surface area contributed by atoms with Crippen LogP contribution in [0.5, 0.6) is 0 Å². The first-order valence-corrected chi connectivity index (χ1v) is 8.49. The van der Waals surface area contributed by atoms with Gasteiger partial charge in [0.15, 0.2) is 0 Å². The van der Waals surface area contributed by atoms with Crippen LogP contribution in [-0.2, 0) is 9.59 Å². The molecule has 1 saturated heterocycles. The third-order valence-electron chi connectivity index (χ3n) is 4.11. The smallest absolute Gasteiger partial charge is 0.227 e. The Morgan fingerprint density at radius 1 is 1.04 bits per heavy atom. The lowest BCUT2D eigenvalue weighted by Crippen LogP contribution is -2.48. The van der Waals surface area contributed by atoms with Gasteiger partial charge in [0, 0.05) is 57.6 Å². The Kier molecular flexibility index (Phi) is 5.31. The van der Waals surface area contributed by atoms with Gasteiger partial charge in [-0.1, -0.05) is 6.07 Å². The van der Waals surface area contributed by atoms with Gasteiger partial charge in [0.2, 0.25) is 17.8 Å². The van der Waals surface area contributed by atoms with Crippen LogP contribution in [0.15, 0.2) is 36.5 Å². The van der Waals surface area contributed by atoms with Crippen molar-refractivity contribution in [2.45, 2.75) is 13.8 Å². The number of carbonyl (C=O) groups excluding carboxylic acids is 2. The molecule has 0 radical (unpaired) electrons. The van der Waals surface area contributed by atoms with Gasteiger partial charge in [0.05, 0.1) is 0 Å². The number of rotatable bonds is 4. The molecule has 1 aliphatic rings. The maximum absolute atomic E-state index is 11.4. The number of nitrogens with one attached hydrogen (secondary N) is 2. The van der Waals surface area contributed by atoms with Crippen LogP contribution >= 0.6 is 0 Å². The summed E-state index contributed by atoms with van der Waals surface area (Å²) < 4.78 is 0. The summed E-state index contributed by atoms with van der Waals surface area (Å²) in [4.78, 5) is 35.4. The van der Waals surface area contributed by atoms with E-state index in [-0.39, 0.29) is 11.8 Å². The van der Waals surface area contributed by atoms with Crippen LogP contribution in [0.4, 0.5) is 23.1 Å². The lowest BCUT2D eigenvalue weighted by atomic mass is 10.2. The minimum atomic E-state index is -0.115. The quantitative estimate of drug-likeness (QED) is 0.871. The highest BCUT2D eigenvalue weighted by Crippen LogP contribution is 2.20. The fourth-order valence-electron chi connectivity index (χ4n) is 2.82. The number of piperazine rings is 1. The number of amides is 2. The summed E-state index contributed by atoms with van der Waals surface area (Å²) in [5.41, 5.74) is 1.54. The molecule has 1 aliphatic heterocycles. The highest BCUT2D eigenvalue weighted by atomic mass is 16.2. The van der Waals surface area contributed by atoms with E-state index in [0.717, 1.165) is 11.4 Å². The summed E-state index contributed by atoms with van der Waals surface area (Å²) >= 11 is 0. The van der Waals surface area contributed by atoms with Crippen molar-refractivity contribution in [2.24, 2.45) is 0 Å². The maximum Gasteiger partial charge on any atom is 0.227 e. The first-order valence-electron chi connectivity index (χ1n) is 8.49. The summed E-state index contributed by atoms with van der Waals surface area (Å²) in [5, 5.41) is 5.99. The number of hydrogen-bond acceptors (Lipinski definition) is 6. The van der Waals surface area contributed by atoms with Crippen molar-refractivity contribution >= 4 is 35.0 Å². The van der Waals surface area contributed by atoms with E-state index in [1.54, 1.807) is 19.2 Å². The SMILES string of the molecule is CC(=O)Nc1cccc(Nc2ccnc(N3CCN(C(C)=O)CC3)n2)c1. The van der Waals surface area contributed by atoms with E-state index in [4.69, 9.17) is 0 Å². The minimum absolute atomic E-state index is 0.0973. The number of carbonyl (C=O) groups is 2. The van der Waals surface area contributed by atoms with E-state index in [2.05, 4.69) is 25.5 Å². The Bertz CT molecular complexity index is 802. The molecule has 1 fully saturated rings. The number of nitrogens with zero attached hydrogens (tertiary/aromatic N) is 4. The van der Waals surface area contributed by atoms with Crippen LogP contribution in [0.1, 0.15) is 13.8 Å². The molecule has 2 heterocycles. The molecule has 2 amide bonds. The number of aromatic nitrogens is 2. The molecule has 0 bridgehead atoms. The fourth-order valence-corrected chi connectivity index (χ4v) is 2.82. The second-order valence-electron chi connectivity index (χ2n) is 6.12. The predicted octanol–water partition coefficient (Wildman–Crippen LogP) is 1.85. The standard InChI is InChI=1S/C18H22N6O2/c1-13(25)20-15-4-3-5-16(12-15)21-17-6-7-19-18(22-17)24-10-8-23(9-11-24)14(2)26/h3-7,12H,8-11H2,1-2H3,(H,20,25)(H,19,21,22). The molecule has 1 aromatic carbocycles. The molecule has 0 aliphatic carbocycles. The molecule has 1 aromatic heterocycles. The Morgan fingerprint density at radius 2 is 1.77 bits per heavy atom. The Balaban J connectivity index is 1.68. The molecular weight excluding hydrogens is 332 g/mol. The van der Waals surface area contributed by atoms with E-state index < -0.39 is 0 Å². The molecule has 0 spiro atoms. The molecule has 26 heavy (non-hydrogen) atoms. The van der Waals surface area contributed by atoms with Crippen molar-refractivity contribution < 1.29 is 9.59 Å². The lowest BCUT2D eigenvalue weighted by molar-refractivity contribution is -0.129. The summed E-state index contributed by atoms with van der Waals surface area (Å²) in [5.74, 6) is 1.29. The third kappa shape index (κ3) is 4.47. The largest absolute Gasteiger partial charge is 0.340 e. The molecular formula is C18H22N6O2. The molecule has 0 saturated carbocycles. The van der Waals surface area contributed by atoms with E-state index in [9.17, 15) is 9.59 Å². The zero-order valence-corrected chi connectivity index (χ0v) is 14.9. The molecule has 8 nitrogen and oxygen atoms in total. The lowest BCUT2D eigenvalue weighted by Gasteiger charge is -2.34. The van der Waals surface area contributed by atoms with Crippen LogP contribution < -0.4 is 15.5 Å². The van der Waals surface area contributed by atoms with Crippen molar-refractivity contribution in [3.63, 3.8) is 0 Å². The van der Waals surface area contributed by atoms with Crippen molar-refractivity contribution in [1.29, 1.82) is 0 Å². The van der Waals surface area contributed by atoms with Crippen LogP contribution in [0.25, 0.3) is 0 Å². The van der Waals surface area contributed by atoms with E-state index >= 15 is 0 Å². The zero-order chi connectivity index (χ0) is 18.5. The normalized spacial score (nSPS) is 14.1. The molecule has 8 heteroatoms. The van der Waals surface area contributed by atoms with Crippen molar-refractivity contribution in [3.05, 3.63) is 36.5 Å². The van der Waals surface area contributed by atoms with Gasteiger partial charge in [-0.3, -0.25) is 9.59 Å². The summed E-state index contributed by atoms with van der Waals surface area (Å²) in [6.45, 7) is 5.83. The van der Waals surface area contributed by atoms with Gasteiger partial charge in [-0.15, -0.1) is 0 Å². The van der Waals surface area contributed by atoms with Crippen LogP contribution in [-0.4, -0.2) is 52.9 Å². The highest BCUT2D eigenvalue weighted by Gasteiger charge is 2.20. The van der Waals surface area contributed by atoms with Crippen molar-refractivity contribution in [3.8, 4) is 0 Å². The van der Waals surface area contributed by atoms with E-state index in [1.807, 2.05) is 29.2 Å². The van der Waals surface area contributed by atoms with Gasteiger partial charge < -0.3 is 20.4 Å². The predicted molar refractivity (Wildman–Crippen MR) is 101 cm³/mol. The first-order chi connectivity index (χ1) is 12.5. The Hall–Kier alpha value is -3.16. The van der Waals surface area contributed by atoms with Gasteiger partial charge >= 0.3 is 0 Å². The zero-order valence-electron chi connectivity index (χ0n) is 14.9. The van der Waals surface area contributed by atoms with Crippen molar-refractivity contribution in [1.82, 2.24) is 14.9 Å². The Morgan fingerprint density at radius 3 is 2.46 bits per heavy atom. The van der Waals surface area contributed by atoms with E-state index in [0.29, 0.717) is 37.9 Å². The molecule has 2 aromatic rings. The summed E-state index contributed by atoms with van der Waals surface area (Å²) in [7, 11) is 0. The second kappa shape index (κ2) is 7.81. The molecule has 0 unspecified atom stereocenters. The summed E-state index contributed by atoms with van der Waals surface area (Å²) in [6, 6.07) is 9.22. The highest BCUT2D eigenvalue weighted by molar-refractivity contribution is 5.89. The number of hydrogen-bond donors (Lipinski definition) is 2. The van der Waals surface area contributed by atoms with Crippen LogP contribution in [0.2, 0.25) is 0 Å². The molecule has 136 valence electrons. The Labute approximate surface area is 152 Å². The average Bonchev–Trinajstić information content (AvgIpc) is 2.62. The topological polar surface area (TPSA) is 90.5 Å². The van der Waals surface area contributed by atoms with Gasteiger partial charge in [0.1, 0.15) is 5.82 Å². The molecule has 2 N–H and O–H groups in total. The average molecular weight is 354 g/mol. The van der Waals surface area contributed by atoms with Gasteiger partial charge in [-0.2, -0.15) is 4.98 Å². The number of anilines is 4.